The number of methoxy groups -OCH3 is 1. The molecule has 3 aromatic rings. The second-order valence-electron chi connectivity index (χ2n) is 13.0. The molecule has 1 amide bonds. The SMILES string of the molecule is CO[C@@H]1C[C@@H]2C(=O)Nc3cc(ccc3F)C(N[S+]([O-])C(C)(C)C)(c3ccccc3)CCC3C/C3=C(\Nc3ccc(Cl)cn3)N2C1. The van der Waals surface area contributed by atoms with Crippen LogP contribution in [-0.2, 0) is 26.4 Å². The zero-order valence-electron chi connectivity index (χ0n) is 25.9. The number of hydrogen-bond donors (Lipinski definition) is 3. The summed E-state index contributed by atoms with van der Waals surface area (Å²) in [6, 6.07) is 17.6. The van der Waals surface area contributed by atoms with E-state index in [1.54, 1.807) is 37.6 Å². The van der Waals surface area contributed by atoms with Crippen molar-refractivity contribution in [3.63, 3.8) is 0 Å². The molecule has 1 aromatic heterocycles. The van der Waals surface area contributed by atoms with E-state index in [1.165, 1.54) is 11.6 Å². The summed E-state index contributed by atoms with van der Waals surface area (Å²) in [5.41, 5.74) is 1.98. The summed E-state index contributed by atoms with van der Waals surface area (Å²) in [4.78, 5) is 20.5. The number of anilines is 2. The fourth-order valence-electron chi connectivity index (χ4n) is 6.30. The molecular weight excluding hydrogens is 613 g/mol. The Balaban J connectivity index is 1.49. The van der Waals surface area contributed by atoms with Crippen LogP contribution in [-0.4, -0.2) is 50.9 Å². The van der Waals surface area contributed by atoms with Crippen LogP contribution in [0.2, 0.25) is 5.02 Å². The van der Waals surface area contributed by atoms with E-state index in [0.29, 0.717) is 30.2 Å². The molecule has 3 aliphatic rings. The van der Waals surface area contributed by atoms with Crippen molar-refractivity contribution in [1.29, 1.82) is 0 Å². The minimum absolute atomic E-state index is 0.0768. The molecule has 45 heavy (non-hydrogen) atoms. The van der Waals surface area contributed by atoms with Crippen LogP contribution in [0.1, 0.15) is 57.6 Å². The standard InChI is InChI=1S/C34H39ClFN5O3S/c1-33(2,3)45(43)40-34(22-8-6-5-7-9-22)15-14-21-16-26(21)31(39-30-13-11-24(35)19-37-30)41-20-25(44-4)18-29(41)32(42)38-28-17-23(34)10-12-27(28)36/h5-13,17,19,21,25,29,40H,14-16,18,20H2,1-4H3,(H,37,39)(H,38,42)/b31-26-/t21?,25-,29-,34?,45?/m1/s1. The van der Waals surface area contributed by atoms with E-state index < -0.39 is 33.5 Å². The number of benzene rings is 2. The Hall–Kier alpha value is -3.15. The number of carbonyl (C=O) groups is 1. The van der Waals surface area contributed by atoms with Crippen LogP contribution in [0.25, 0.3) is 0 Å². The number of allylic oxidation sites excluding steroid dienone is 1. The number of rotatable bonds is 6. The molecule has 2 aliphatic heterocycles. The Morgan fingerprint density at radius 1 is 1.16 bits per heavy atom. The van der Waals surface area contributed by atoms with Crippen molar-refractivity contribution in [1.82, 2.24) is 14.6 Å². The average molecular weight is 652 g/mol. The molecule has 2 aromatic carbocycles. The number of carbonyl (C=O) groups excluding carboxylic acids is 1. The van der Waals surface area contributed by atoms with Crippen molar-refractivity contribution in [3.05, 3.63) is 100 Å². The zero-order valence-corrected chi connectivity index (χ0v) is 27.5. The highest BCUT2D eigenvalue weighted by atomic mass is 35.5. The number of nitrogens with one attached hydrogen (secondary N) is 3. The molecule has 2 bridgehead atoms. The second-order valence-corrected chi connectivity index (χ2v) is 15.4. The molecule has 0 spiro atoms. The third-order valence-corrected chi connectivity index (χ3v) is 10.8. The van der Waals surface area contributed by atoms with Gasteiger partial charge >= 0.3 is 0 Å². The highest BCUT2D eigenvalue weighted by Crippen LogP contribution is 2.49. The lowest BCUT2D eigenvalue weighted by Gasteiger charge is -2.39. The van der Waals surface area contributed by atoms with Crippen LogP contribution in [0.4, 0.5) is 15.9 Å². The smallest absolute Gasteiger partial charge is 0.247 e. The minimum Gasteiger partial charge on any atom is -0.598 e. The van der Waals surface area contributed by atoms with Crippen LogP contribution in [0.3, 0.4) is 0 Å². The average Bonchev–Trinajstić information content (AvgIpc) is 3.66. The zero-order chi connectivity index (χ0) is 31.9. The maximum Gasteiger partial charge on any atom is 0.247 e. The van der Waals surface area contributed by atoms with E-state index in [-0.39, 0.29) is 23.6 Å². The monoisotopic (exact) mass is 651 g/mol. The summed E-state index contributed by atoms with van der Waals surface area (Å²) in [6.45, 7) is 6.27. The molecule has 1 aliphatic carbocycles. The Morgan fingerprint density at radius 2 is 1.93 bits per heavy atom. The molecule has 0 radical (unpaired) electrons. The minimum atomic E-state index is -1.46. The highest BCUT2D eigenvalue weighted by molar-refractivity contribution is 7.90. The van der Waals surface area contributed by atoms with Gasteiger partial charge in [-0.1, -0.05) is 48.0 Å². The quantitative estimate of drug-likeness (QED) is 0.268. The van der Waals surface area contributed by atoms with E-state index in [9.17, 15) is 9.35 Å². The first-order valence-corrected chi connectivity index (χ1v) is 16.8. The summed E-state index contributed by atoms with van der Waals surface area (Å²) in [6.07, 6.45) is 4.03. The van der Waals surface area contributed by atoms with Crippen LogP contribution in [0.15, 0.2) is 78.3 Å². The lowest BCUT2D eigenvalue weighted by Crippen LogP contribution is -2.52. The van der Waals surface area contributed by atoms with Crippen LogP contribution in [0.5, 0.6) is 0 Å². The highest BCUT2D eigenvalue weighted by Gasteiger charge is 2.47. The number of halogens is 2. The van der Waals surface area contributed by atoms with Gasteiger partial charge in [-0.15, -0.1) is 4.72 Å². The van der Waals surface area contributed by atoms with Gasteiger partial charge < -0.3 is 24.8 Å². The number of hydrogen-bond acceptors (Lipinski definition) is 7. The van der Waals surface area contributed by atoms with E-state index in [0.717, 1.165) is 29.8 Å². The first kappa shape index (κ1) is 31.8. The Morgan fingerprint density at radius 3 is 2.62 bits per heavy atom. The Bertz CT molecular complexity index is 1580. The largest absolute Gasteiger partial charge is 0.598 e. The van der Waals surface area contributed by atoms with Gasteiger partial charge in [0.1, 0.15) is 33.8 Å². The number of nitrogens with zero attached hydrogens (tertiary/aromatic N) is 2. The predicted octanol–water partition coefficient (Wildman–Crippen LogP) is 6.33. The molecule has 1 saturated carbocycles. The summed E-state index contributed by atoms with van der Waals surface area (Å²) in [5, 5.41) is 6.91. The van der Waals surface area contributed by atoms with E-state index in [2.05, 4.69) is 20.3 Å². The Labute approximate surface area is 272 Å². The second kappa shape index (κ2) is 12.6. The maximum absolute atomic E-state index is 15.5. The first-order valence-electron chi connectivity index (χ1n) is 15.3. The van der Waals surface area contributed by atoms with Gasteiger partial charge in [-0.2, -0.15) is 0 Å². The van der Waals surface area contributed by atoms with Crippen LogP contribution >= 0.6 is 11.6 Å². The molecule has 2 fully saturated rings. The third kappa shape index (κ3) is 6.57. The first-order chi connectivity index (χ1) is 21.5. The topological polar surface area (TPSA) is 102 Å². The molecule has 1 saturated heterocycles. The molecule has 3 unspecified atom stereocenters. The van der Waals surface area contributed by atoms with Gasteiger partial charge in [0.25, 0.3) is 0 Å². The fraction of sp³-hybridized carbons (Fsp3) is 0.412. The van der Waals surface area contributed by atoms with Gasteiger partial charge in [0, 0.05) is 37.6 Å². The molecule has 5 atom stereocenters. The van der Waals surface area contributed by atoms with Crippen molar-refractivity contribution in [2.45, 2.75) is 68.9 Å². The lowest BCUT2D eigenvalue weighted by atomic mass is 9.79. The molecular formula is C34H39ClFN5O3S. The number of aromatic nitrogens is 1. The predicted molar refractivity (Wildman–Crippen MR) is 176 cm³/mol. The van der Waals surface area contributed by atoms with Crippen LogP contribution in [0, 0.1) is 11.7 Å². The van der Waals surface area contributed by atoms with Crippen molar-refractivity contribution in [2.75, 3.05) is 24.3 Å². The molecule has 11 heteroatoms. The maximum atomic E-state index is 15.5. The van der Waals surface area contributed by atoms with Gasteiger partial charge in [0.2, 0.25) is 5.91 Å². The van der Waals surface area contributed by atoms with E-state index >= 15 is 4.39 Å². The molecule has 3 heterocycles. The fourth-order valence-corrected chi connectivity index (χ4v) is 7.37. The van der Waals surface area contributed by atoms with Gasteiger partial charge in [-0.05, 0) is 86.9 Å². The number of pyridine rings is 1. The molecule has 8 nitrogen and oxygen atoms in total. The summed E-state index contributed by atoms with van der Waals surface area (Å²) in [5.74, 6) is 0.757. The van der Waals surface area contributed by atoms with Gasteiger partial charge in [-0.25, -0.2) is 9.37 Å². The van der Waals surface area contributed by atoms with Gasteiger partial charge in [0.15, 0.2) is 0 Å². The number of fused-ring (bicyclic) bond motifs is 4. The Kier molecular flexibility index (Phi) is 8.88. The molecule has 3 N–H and O–H groups in total. The van der Waals surface area contributed by atoms with Crippen LogP contribution < -0.4 is 15.4 Å². The summed E-state index contributed by atoms with van der Waals surface area (Å²) >= 11 is 4.65. The van der Waals surface area contributed by atoms with Crippen molar-refractivity contribution in [3.8, 4) is 0 Å². The van der Waals surface area contributed by atoms with Gasteiger partial charge in [0.05, 0.1) is 16.8 Å². The normalized spacial score (nSPS) is 27.3. The molecule has 238 valence electrons. The van der Waals surface area contributed by atoms with E-state index in [4.69, 9.17) is 16.3 Å². The molecule has 6 rings (SSSR count). The van der Waals surface area contributed by atoms with E-state index in [1.807, 2.05) is 56.0 Å². The lowest BCUT2D eigenvalue weighted by molar-refractivity contribution is -0.119. The van der Waals surface area contributed by atoms with Crippen molar-refractivity contribution in [2.24, 2.45) is 5.92 Å². The number of amides is 1. The summed E-state index contributed by atoms with van der Waals surface area (Å²) in [7, 11) is 1.64. The summed E-state index contributed by atoms with van der Waals surface area (Å²) < 4.78 is 38.0. The van der Waals surface area contributed by atoms with Crippen molar-refractivity contribution >= 4 is 40.4 Å². The van der Waals surface area contributed by atoms with Crippen molar-refractivity contribution < 1.29 is 18.5 Å². The number of ether oxygens (including phenoxy) is 1. The third-order valence-electron chi connectivity index (χ3n) is 8.94. The van der Waals surface area contributed by atoms with Gasteiger partial charge in [-0.3, -0.25) is 4.79 Å².